The molecule has 13 nitrogen and oxygen atoms in total. The molecule has 2 fully saturated rings. The van der Waals surface area contributed by atoms with Crippen LogP contribution in [0.15, 0.2) is 23.1 Å². The molecule has 1 saturated heterocycles. The first-order valence-electron chi connectivity index (χ1n) is 13.9. The summed E-state index contributed by atoms with van der Waals surface area (Å²) in [5, 5.41) is 16.5. The summed E-state index contributed by atoms with van der Waals surface area (Å²) in [7, 11) is 1.33. The summed E-state index contributed by atoms with van der Waals surface area (Å²) in [4.78, 5) is 31.3. The van der Waals surface area contributed by atoms with Crippen LogP contribution in [0.25, 0.3) is 5.65 Å². The number of hydrogen-bond donors (Lipinski definition) is 2. The van der Waals surface area contributed by atoms with Crippen LogP contribution < -0.4 is 10.6 Å². The molecule has 3 atom stereocenters. The van der Waals surface area contributed by atoms with E-state index in [-0.39, 0.29) is 29.6 Å². The third-order valence-electron chi connectivity index (χ3n) is 7.69. The Kier molecular flexibility index (Phi) is 8.80. The van der Waals surface area contributed by atoms with Crippen LogP contribution in [0.4, 0.5) is 26.3 Å². The largest absolute Gasteiger partial charge is 0.416 e. The highest BCUT2D eigenvalue weighted by atomic mass is 19.4. The number of nitrogens with zero attached hydrogens (tertiary/aromatic N) is 6. The highest BCUT2D eigenvalue weighted by molar-refractivity contribution is 5.93. The standard InChI is InChI=1S/C26H30F6N8O5/c1-24(2,26(30,31)32)44-11-16(36-23(42)22-21(13-4-5-13)37-45-38-22)15-9-40-19(35-15)6-14(7-34-40)17(12-43-3)39-10-18(25(27,28)29)33-8-20(39)41/h6-7,9,13,16-18,33H,4-5,8,10-12H2,1-3H3,(H,36,42)/t16-,17+,18-/m0/s1. The van der Waals surface area contributed by atoms with Gasteiger partial charge in [0.05, 0.1) is 49.9 Å². The maximum atomic E-state index is 13.6. The number of carbonyl (C=O) groups excluding carboxylic acids is 2. The second kappa shape index (κ2) is 12.2. The number of hydrogen-bond acceptors (Lipinski definition) is 10. The summed E-state index contributed by atoms with van der Waals surface area (Å²) < 4.78 is 97.5. The molecule has 2 amide bonds. The van der Waals surface area contributed by atoms with E-state index in [4.69, 9.17) is 14.1 Å². The van der Waals surface area contributed by atoms with Gasteiger partial charge >= 0.3 is 12.4 Å². The lowest BCUT2D eigenvalue weighted by molar-refractivity contribution is -0.265. The smallest absolute Gasteiger partial charge is 0.382 e. The van der Waals surface area contributed by atoms with Crippen molar-refractivity contribution >= 4 is 17.5 Å². The van der Waals surface area contributed by atoms with Crippen molar-refractivity contribution in [1.82, 2.24) is 40.4 Å². The zero-order valence-corrected chi connectivity index (χ0v) is 24.3. The number of imidazole rings is 1. The fourth-order valence-electron chi connectivity index (χ4n) is 4.76. The number of aromatic nitrogens is 5. The first-order valence-corrected chi connectivity index (χ1v) is 13.9. The number of alkyl halides is 6. The number of amides is 2. The summed E-state index contributed by atoms with van der Waals surface area (Å²) in [5.41, 5.74) is -1.85. The summed E-state index contributed by atoms with van der Waals surface area (Å²) in [6.45, 7) is -0.330. The molecule has 3 aromatic heterocycles. The van der Waals surface area contributed by atoms with Crippen LogP contribution in [0.2, 0.25) is 0 Å². The van der Waals surface area contributed by atoms with E-state index in [0.29, 0.717) is 11.3 Å². The number of nitrogens with one attached hydrogen (secondary N) is 2. The Balaban J connectivity index is 1.44. The maximum absolute atomic E-state index is 13.6. The van der Waals surface area contributed by atoms with Crippen LogP contribution in [0.1, 0.15) is 72.1 Å². The van der Waals surface area contributed by atoms with E-state index < -0.39 is 67.6 Å². The van der Waals surface area contributed by atoms with E-state index in [1.807, 2.05) is 0 Å². The van der Waals surface area contributed by atoms with Crippen molar-refractivity contribution < 1.29 is 50.0 Å². The molecular weight excluding hydrogens is 618 g/mol. The minimum atomic E-state index is -4.73. The SMILES string of the molecule is COC[C@H](c1cnn2cc([C@H](COC(C)(C)C(F)(F)F)NC(=O)c3nonc3C3CC3)nc2c1)N1C[C@@H](C(F)(F)F)NCC1=O. The zero-order valence-electron chi connectivity index (χ0n) is 24.3. The monoisotopic (exact) mass is 648 g/mol. The molecule has 1 aliphatic heterocycles. The molecule has 246 valence electrons. The molecule has 4 heterocycles. The van der Waals surface area contributed by atoms with Crippen molar-refractivity contribution in [2.45, 2.75) is 68.7 Å². The van der Waals surface area contributed by atoms with Gasteiger partial charge in [-0.15, -0.1) is 0 Å². The van der Waals surface area contributed by atoms with Gasteiger partial charge in [-0.1, -0.05) is 5.16 Å². The molecule has 0 unspecified atom stereocenters. The van der Waals surface area contributed by atoms with Gasteiger partial charge in [0.15, 0.2) is 16.9 Å². The number of rotatable bonds is 11. The van der Waals surface area contributed by atoms with Gasteiger partial charge in [0.25, 0.3) is 5.91 Å². The zero-order chi connectivity index (χ0) is 32.7. The third-order valence-corrected chi connectivity index (χ3v) is 7.69. The second-order valence-electron chi connectivity index (χ2n) is 11.4. The van der Waals surface area contributed by atoms with Crippen molar-refractivity contribution in [2.24, 2.45) is 0 Å². The van der Waals surface area contributed by atoms with Crippen molar-refractivity contribution in [3.8, 4) is 0 Å². The summed E-state index contributed by atoms with van der Waals surface area (Å²) in [6, 6.07) is -2.68. The molecule has 45 heavy (non-hydrogen) atoms. The minimum absolute atomic E-state index is 0.0114. The molecule has 19 heteroatoms. The quantitative estimate of drug-likeness (QED) is 0.298. The average Bonchev–Trinajstić information content (AvgIpc) is 3.52. The highest BCUT2D eigenvalue weighted by Crippen LogP contribution is 2.40. The molecule has 0 bridgehead atoms. The van der Waals surface area contributed by atoms with E-state index in [0.717, 1.165) is 31.6 Å². The Labute approximate surface area is 251 Å². The van der Waals surface area contributed by atoms with Crippen molar-refractivity contribution in [2.75, 3.05) is 33.4 Å². The average molecular weight is 649 g/mol. The predicted octanol–water partition coefficient (Wildman–Crippen LogP) is 2.87. The first kappa shape index (κ1) is 32.6. The normalized spacial score (nSPS) is 19.6. The van der Waals surface area contributed by atoms with Crippen LogP contribution in [0, 0.1) is 0 Å². The Morgan fingerprint density at radius 3 is 2.56 bits per heavy atom. The molecule has 1 aliphatic carbocycles. The molecule has 0 radical (unpaired) electrons. The number of fused-ring (bicyclic) bond motifs is 1. The topological polar surface area (TPSA) is 149 Å². The Hall–Kier alpha value is -3.84. The minimum Gasteiger partial charge on any atom is -0.382 e. The van der Waals surface area contributed by atoms with Gasteiger partial charge in [0.1, 0.15) is 11.7 Å². The Morgan fingerprint density at radius 2 is 1.91 bits per heavy atom. The molecular formula is C26H30F6N8O5. The van der Waals surface area contributed by atoms with Crippen LogP contribution in [-0.2, 0) is 14.3 Å². The van der Waals surface area contributed by atoms with Gasteiger partial charge in [-0.05, 0) is 37.9 Å². The number of carbonyl (C=O) groups is 2. The number of methoxy groups -OCH3 is 1. The molecule has 2 N–H and O–H groups in total. The third kappa shape index (κ3) is 7.04. The van der Waals surface area contributed by atoms with Crippen LogP contribution in [-0.4, -0.2) is 99.0 Å². The lowest BCUT2D eigenvalue weighted by Gasteiger charge is -2.39. The molecule has 3 aromatic rings. The molecule has 0 spiro atoms. The van der Waals surface area contributed by atoms with Crippen molar-refractivity contribution in [3.05, 3.63) is 41.1 Å². The summed E-state index contributed by atoms with van der Waals surface area (Å²) in [6.07, 6.45) is -5.09. The van der Waals surface area contributed by atoms with Gasteiger partial charge in [0.2, 0.25) is 5.91 Å². The maximum Gasteiger partial charge on any atom is 0.416 e. The lowest BCUT2D eigenvalue weighted by Crippen LogP contribution is -2.60. The van der Waals surface area contributed by atoms with Crippen LogP contribution in [0.3, 0.4) is 0 Å². The van der Waals surface area contributed by atoms with Gasteiger partial charge in [0, 0.05) is 25.1 Å². The summed E-state index contributed by atoms with van der Waals surface area (Å²) >= 11 is 0. The first-order chi connectivity index (χ1) is 21.1. The van der Waals surface area contributed by atoms with Gasteiger partial charge in [-0.2, -0.15) is 31.4 Å². The molecule has 2 aliphatic rings. The van der Waals surface area contributed by atoms with E-state index >= 15 is 0 Å². The summed E-state index contributed by atoms with van der Waals surface area (Å²) in [5.74, 6) is -1.36. The van der Waals surface area contributed by atoms with E-state index in [1.54, 1.807) is 0 Å². The number of halogens is 6. The fraction of sp³-hybridized carbons (Fsp3) is 0.615. The molecule has 5 rings (SSSR count). The van der Waals surface area contributed by atoms with Gasteiger partial charge < -0.3 is 19.7 Å². The second-order valence-corrected chi connectivity index (χ2v) is 11.4. The molecule has 0 aromatic carbocycles. The van der Waals surface area contributed by atoms with Gasteiger partial charge in [-0.25, -0.2) is 14.1 Å². The van der Waals surface area contributed by atoms with Crippen molar-refractivity contribution in [1.29, 1.82) is 0 Å². The Morgan fingerprint density at radius 1 is 1.18 bits per heavy atom. The number of ether oxygens (including phenoxy) is 2. The van der Waals surface area contributed by atoms with E-state index in [9.17, 15) is 35.9 Å². The Bertz CT molecular complexity index is 1540. The van der Waals surface area contributed by atoms with E-state index in [2.05, 4.69) is 31.0 Å². The van der Waals surface area contributed by atoms with Crippen LogP contribution >= 0.6 is 0 Å². The fourth-order valence-corrected chi connectivity index (χ4v) is 4.76. The lowest BCUT2D eigenvalue weighted by atomic mass is 10.1. The molecule has 1 saturated carbocycles. The predicted molar refractivity (Wildman–Crippen MR) is 140 cm³/mol. The van der Waals surface area contributed by atoms with Gasteiger partial charge in [-0.3, -0.25) is 14.9 Å². The number of piperazine rings is 1. The van der Waals surface area contributed by atoms with E-state index in [1.165, 1.54) is 30.1 Å². The van der Waals surface area contributed by atoms with Crippen LogP contribution in [0.5, 0.6) is 0 Å². The van der Waals surface area contributed by atoms with Crippen molar-refractivity contribution in [3.63, 3.8) is 0 Å². The highest BCUT2D eigenvalue weighted by Gasteiger charge is 2.49.